The Hall–Kier alpha value is -1.35. The molecule has 0 spiro atoms. The predicted octanol–water partition coefficient (Wildman–Crippen LogP) is 4.08. The number of hydroxylamine groups is 1. The number of sulfonamides is 1. The molecule has 0 aliphatic carbocycles. The first-order valence-corrected chi connectivity index (χ1v) is 9.33. The first-order valence-electron chi connectivity index (χ1n) is 6.76. The molecular formula is C15H13Cl3N2O4S. The SMILES string of the molecule is CON(C)S(=O)(=O)c1cc(C(=O)Nc2ccc(Cl)c(Cl)c2)ccc1Cl. The number of amides is 1. The van der Waals surface area contributed by atoms with Crippen LogP contribution in [0.15, 0.2) is 41.3 Å². The molecule has 0 unspecified atom stereocenters. The smallest absolute Gasteiger partial charge is 0.266 e. The molecule has 2 aromatic rings. The lowest BCUT2D eigenvalue weighted by Crippen LogP contribution is -2.26. The number of nitrogens with one attached hydrogen (secondary N) is 1. The summed E-state index contributed by atoms with van der Waals surface area (Å²) < 4.78 is 25.4. The van der Waals surface area contributed by atoms with Crippen molar-refractivity contribution in [3.05, 3.63) is 57.0 Å². The van der Waals surface area contributed by atoms with Crippen molar-refractivity contribution in [2.45, 2.75) is 4.90 Å². The van der Waals surface area contributed by atoms with E-state index in [1.165, 1.54) is 44.5 Å². The first-order chi connectivity index (χ1) is 11.7. The van der Waals surface area contributed by atoms with Crippen molar-refractivity contribution in [3.63, 3.8) is 0 Å². The minimum absolute atomic E-state index is 0.0324. The van der Waals surface area contributed by atoms with Gasteiger partial charge in [-0.3, -0.25) is 9.63 Å². The van der Waals surface area contributed by atoms with Gasteiger partial charge in [0.1, 0.15) is 4.90 Å². The van der Waals surface area contributed by atoms with E-state index in [4.69, 9.17) is 39.6 Å². The number of nitrogens with zero attached hydrogens (tertiary/aromatic N) is 1. The number of hydrogen-bond donors (Lipinski definition) is 1. The minimum Gasteiger partial charge on any atom is -0.322 e. The van der Waals surface area contributed by atoms with Gasteiger partial charge < -0.3 is 5.32 Å². The number of anilines is 1. The molecule has 134 valence electrons. The lowest BCUT2D eigenvalue weighted by molar-refractivity contribution is -0.0258. The summed E-state index contributed by atoms with van der Waals surface area (Å²) in [5.74, 6) is -0.536. The number of carbonyl (C=O) groups excluding carboxylic acids is 1. The van der Waals surface area contributed by atoms with Gasteiger partial charge in [0.25, 0.3) is 15.9 Å². The van der Waals surface area contributed by atoms with E-state index in [1.807, 2.05) is 0 Å². The standard InChI is InChI=1S/C15H13Cl3N2O4S/c1-20(24-2)25(22,23)14-7-9(3-5-12(14)17)15(21)19-10-4-6-11(16)13(18)8-10/h3-8H,1-2H3,(H,19,21). The van der Waals surface area contributed by atoms with Crippen LogP contribution < -0.4 is 5.32 Å². The van der Waals surface area contributed by atoms with Gasteiger partial charge in [0.15, 0.2) is 0 Å². The zero-order valence-electron chi connectivity index (χ0n) is 13.1. The Balaban J connectivity index is 2.35. The van der Waals surface area contributed by atoms with Gasteiger partial charge in [-0.25, -0.2) is 8.42 Å². The Morgan fingerprint density at radius 1 is 1.04 bits per heavy atom. The summed E-state index contributed by atoms with van der Waals surface area (Å²) in [6.45, 7) is 0. The Labute approximate surface area is 160 Å². The van der Waals surface area contributed by atoms with Gasteiger partial charge in [-0.05, 0) is 36.4 Å². The highest BCUT2D eigenvalue weighted by atomic mass is 35.5. The van der Waals surface area contributed by atoms with Crippen LogP contribution in [0, 0.1) is 0 Å². The Bertz CT molecular complexity index is 919. The Morgan fingerprint density at radius 3 is 2.28 bits per heavy atom. The van der Waals surface area contributed by atoms with Crippen LogP contribution in [0.25, 0.3) is 0 Å². The zero-order valence-corrected chi connectivity index (χ0v) is 16.2. The molecule has 0 atom stereocenters. The first kappa shape index (κ1) is 20.0. The van der Waals surface area contributed by atoms with Crippen molar-refractivity contribution in [3.8, 4) is 0 Å². The van der Waals surface area contributed by atoms with Crippen molar-refractivity contribution >= 4 is 56.4 Å². The molecule has 0 heterocycles. The monoisotopic (exact) mass is 422 g/mol. The van der Waals surface area contributed by atoms with Gasteiger partial charge in [-0.15, -0.1) is 0 Å². The molecule has 25 heavy (non-hydrogen) atoms. The fraction of sp³-hybridized carbons (Fsp3) is 0.133. The molecule has 0 aliphatic heterocycles. The number of rotatable bonds is 5. The van der Waals surface area contributed by atoms with Crippen LogP contribution in [-0.2, 0) is 14.9 Å². The van der Waals surface area contributed by atoms with Crippen molar-refractivity contribution in [1.82, 2.24) is 4.47 Å². The maximum atomic E-state index is 12.4. The predicted molar refractivity (Wildman–Crippen MR) is 97.8 cm³/mol. The van der Waals surface area contributed by atoms with E-state index < -0.39 is 15.9 Å². The molecule has 0 radical (unpaired) electrons. The fourth-order valence-corrected chi connectivity index (χ4v) is 3.63. The minimum atomic E-state index is -4.00. The lowest BCUT2D eigenvalue weighted by atomic mass is 10.2. The molecule has 1 N–H and O–H groups in total. The molecular weight excluding hydrogens is 411 g/mol. The van der Waals surface area contributed by atoms with E-state index in [-0.39, 0.29) is 20.5 Å². The van der Waals surface area contributed by atoms with E-state index in [1.54, 1.807) is 6.07 Å². The molecule has 0 aromatic heterocycles. The highest BCUT2D eigenvalue weighted by Gasteiger charge is 2.25. The second kappa shape index (κ2) is 7.90. The highest BCUT2D eigenvalue weighted by Crippen LogP contribution is 2.27. The summed E-state index contributed by atoms with van der Waals surface area (Å²) in [6.07, 6.45) is 0. The summed E-state index contributed by atoms with van der Waals surface area (Å²) in [5.41, 5.74) is 0.506. The van der Waals surface area contributed by atoms with Gasteiger partial charge in [0.2, 0.25) is 0 Å². The lowest BCUT2D eigenvalue weighted by Gasteiger charge is -2.16. The van der Waals surface area contributed by atoms with Crippen molar-refractivity contribution < 1.29 is 18.0 Å². The number of carbonyl (C=O) groups is 1. The van der Waals surface area contributed by atoms with E-state index >= 15 is 0 Å². The van der Waals surface area contributed by atoms with Crippen molar-refractivity contribution in [2.75, 3.05) is 19.5 Å². The van der Waals surface area contributed by atoms with Crippen LogP contribution in [0.4, 0.5) is 5.69 Å². The van der Waals surface area contributed by atoms with Crippen LogP contribution in [0.2, 0.25) is 15.1 Å². The fourth-order valence-electron chi connectivity index (χ4n) is 1.86. The van der Waals surface area contributed by atoms with Crippen LogP contribution >= 0.6 is 34.8 Å². The van der Waals surface area contributed by atoms with E-state index in [9.17, 15) is 13.2 Å². The normalized spacial score (nSPS) is 11.6. The van der Waals surface area contributed by atoms with Gasteiger partial charge in [-0.2, -0.15) is 0 Å². The summed E-state index contributed by atoms with van der Waals surface area (Å²) in [7, 11) is -1.58. The molecule has 0 bridgehead atoms. The second-order valence-electron chi connectivity index (χ2n) is 4.83. The maximum absolute atomic E-state index is 12.4. The molecule has 1 amide bonds. The van der Waals surface area contributed by atoms with Gasteiger partial charge in [0.05, 0.1) is 22.2 Å². The Kier molecular flexibility index (Phi) is 6.31. The maximum Gasteiger partial charge on any atom is 0.266 e. The molecule has 2 rings (SSSR count). The summed E-state index contributed by atoms with van der Waals surface area (Å²) in [6, 6.07) is 8.47. The zero-order chi connectivity index (χ0) is 18.8. The summed E-state index contributed by atoms with van der Waals surface area (Å²) >= 11 is 17.7. The molecule has 0 saturated carbocycles. The molecule has 0 fully saturated rings. The third kappa shape index (κ3) is 4.44. The average molecular weight is 424 g/mol. The van der Waals surface area contributed by atoms with Gasteiger partial charge in [0, 0.05) is 18.3 Å². The van der Waals surface area contributed by atoms with Gasteiger partial charge in [-0.1, -0.05) is 39.3 Å². The average Bonchev–Trinajstić information content (AvgIpc) is 2.57. The Morgan fingerprint density at radius 2 is 1.68 bits per heavy atom. The van der Waals surface area contributed by atoms with Crippen LogP contribution in [0.5, 0.6) is 0 Å². The molecule has 10 heteroatoms. The van der Waals surface area contributed by atoms with Crippen molar-refractivity contribution in [1.29, 1.82) is 0 Å². The van der Waals surface area contributed by atoms with Crippen molar-refractivity contribution in [2.24, 2.45) is 0 Å². The largest absolute Gasteiger partial charge is 0.322 e. The molecule has 0 aliphatic rings. The van der Waals surface area contributed by atoms with E-state index in [2.05, 4.69) is 5.32 Å². The highest BCUT2D eigenvalue weighted by molar-refractivity contribution is 7.89. The quantitative estimate of drug-likeness (QED) is 0.735. The molecule has 0 saturated heterocycles. The van der Waals surface area contributed by atoms with E-state index in [0.29, 0.717) is 15.2 Å². The summed E-state index contributed by atoms with van der Waals surface area (Å²) in [4.78, 5) is 16.8. The van der Waals surface area contributed by atoms with E-state index in [0.717, 1.165) is 0 Å². The topological polar surface area (TPSA) is 75.7 Å². The third-order valence-electron chi connectivity index (χ3n) is 3.24. The molecule has 6 nitrogen and oxygen atoms in total. The summed E-state index contributed by atoms with van der Waals surface area (Å²) in [5, 5.41) is 3.20. The number of hydrogen-bond acceptors (Lipinski definition) is 4. The second-order valence-corrected chi connectivity index (χ2v) is 7.95. The molecule has 2 aromatic carbocycles. The van der Waals surface area contributed by atoms with Crippen LogP contribution in [0.3, 0.4) is 0 Å². The number of benzene rings is 2. The number of halogens is 3. The third-order valence-corrected chi connectivity index (χ3v) is 6.14. The van der Waals surface area contributed by atoms with Gasteiger partial charge >= 0.3 is 0 Å². The van der Waals surface area contributed by atoms with Crippen LogP contribution in [-0.4, -0.2) is 33.0 Å². The van der Waals surface area contributed by atoms with Crippen LogP contribution in [0.1, 0.15) is 10.4 Å².